The van der Waals surface area contributed by atoms with Gasteiger partial charge in [0.05, 0.1) is 17.2 Å². The minimum Gasteiger partial charge on any atom is -0.356 e. The summed E-state index contributed by atoms with van der Waals surface area (Å²) in [5, 5.41) is 10.1. The zero-order chi connectivity index (χ0) is 14.9. The Kier molecular flexibility index (Phi) is 7.00. The Morgan fingerprint density at radius 2 is 2.19 bits per heavy atom. The van der Waals surface area contributed by atoms with Gasteiger partial charge >= 0.3 is 0 Å². The number of nitrogens with zero attached hydrogens (tertiary/aromatic N) is 2. The van der Waals surface area contributed by atoms with Gasteiger partial charge in [-0.2, -0.15) is 0 Å². The second-order valence-corrected chi connectivity index (χ2v) is 6.67. The van der Waals surface area contributed by atoms with E-state index < -0.39 is 0 Å². The number of aliphatic imine (C=N–C) groups is 1. The number of hydrogen-bond acceptors (Lipinski definition) is 3. The van der Waals surface area contributed by atoms with E-state index in [1.54, 1.807) is 11.3 Å². The van der Waals surface area contributed by atoms with Crippen LogP contribution in [0.4, 0.5) is 0 Å². The number of hydrogen-bond donors (Lipinski definition) is 2. The number of guanidine groups is 1. The Labute approximate surface area is 132 Å². The Balaban J connectivity index is 1.61. The van der Waals surface area contributed by atoms with Gasteiger partial charge in [0.15, 0.2) is 5.96 Å². The van der Waals surface area contributed by atoms with Crippen molar-refractivity contribution in [2.45, 2.75) is 58.4 Å². The molecule has 1 aromatic rings. The first-order valence-electron chi connectivity index (χ1n) is 8.19. The van der Waals surface area contributed by atoms with Crippen LogP contribution in [0, 0.1) is 5.92 Å². The van der Waals surface area contributed by atoms with Crippen molar-refractivity contribution in [3.63, 3.8) is 0 Å². The molecule has 1 heterocycles. The average Bonchev–Trinajstić information content (AvgIpc) is 3.17. The third-order valence-corrected chi connectivity index (χ3v) is 5.16. The summed E-state index contributed by atoms with van der Waals surface area (Å²) >= 11 is 1.73. The lowest BCUT2D eigenvalue weighted by atomic mass is 10.0. The molecule has 0 aromatic carbocycles. The summed E-state index contributed by atoms with van der Waals surface area (Å²) < 4.78 is 0. The molecule has 21 heavy (non-hydrogen) atoms. The predicted molar refractivity (Wildman–Crippen MR) is 90.9 cm³/mol. The number of rotatable bonds is 7. The number of thiazole rings is 1. The molecule has 0 spiro atoms. The average molecular weight is 308 g/mol. The van der Waals surface area contributed by atoms with Gasteiger partial charge in [0.2, 0.25) is 0 Å². The molecule has 2 N–H and O–H groups in total. The Morgan fingerprint density at radius 1 is 1.38 bits per heavy atom. The fraction of sp³-hybridized carbons (Fsp3) is 0.750. The maximum absolute atomic E-state index is 4.56. The molecule has 5 heteroatoms. The highest BCUT2D eigenvalue weighted by molar-refractivity contribution is 7.09. The van der Waals surface area contributed by atoms with Gasteiger partial charge in [-0.25, -0.2) is 4.98 Å². The molecule has 4 nitrogen and oxygen atoms in total. The van der Waals surface area contributed by atoms with Crippen molar-refractivity contribution in [1.82, 2.24) is 15.6 Å². The van der Waals surface area contributed by atoms with Gasteiger partial charge in [0, 0.05) is 19.0 Å². The summed E-state index contributed by atoms with van der Waals surface area (Å²) in [5.41, 5.74) is 1.10. The first-order valence-corrected chi connectivity index (χ1v) is 9.07. The maximum Gasteiger partial charge on any atom is 0.191 e. The highest BCUT2D eigenvalue weighted by Crippen LogP contribution is 2.28. The molecule has 0 unspecified atom stereocenters. The van der Waals surface area contributed by atoms with Crippen LogP contribution in [0.25, 0.3) is 0 Å². The van der Waals surface area contributed by atoms with Gasteiger partial charge in [-0.1, -0.05) is 32.6 Å². The monoisotopic (exact) mass is 308 g/mol. The Bertz CT molecular complexity index is 435. The highest BCUT2D eigenvalue weighted by atomic mass is 32.1. The van der Waals surface area contributed by atoms with E-state index in [0.717, 1.165) is 37.1 Å². The first-order chi connectivity index (χ1) is 10.3. The van der Waals surface area contributed by atoms with E-state index in [1.807, 2.05) is 7.05 Å². The van der Waals surface area contributed by atoms with Crippen LogP contribution in [-0.4, -0.2) is 24.5 Å². The molecule has 0 atom stereocenters. The van der Waals surface area contributed by atoms with Gasteiger partial charge in [-0.05, 0) is 25.2 Å². The van der Waals surface area contributed by atoms with E-state index in [9.17, 15) is 0 Å². The number of nitrogens with one attached hydrogen (secondary N) is 2. The Hall–Kier alpha value is -1.10. The fourth-order valence-electron chi connectivity index (χ4n) is 2.88. The lowest BCUT2D eigenvalue weighted by molar-refractivity contribution is 0.481. The van der Waals surface area contributed by atoms with Crippen LogP contribution in [0.5, 0.6) is 0 Å². The van der Waals surface area contributed by atoms with Crippen LogP contribution in [0.15, 0.2) is 10.4 Å². The van der Waals surface area contributed by atoms with E-state index in [-0.39, 0.29) is 0 Å². The van der Waals surface area contributed by atoms with Crippen LogP contribution >= 0.6 is 11.3 Å². The summed E-state index contributed by atoms with van der Waals surface area (Å²) in [6.45, 7) is 3.90. The lowest BCUT2D eigenvalue weighted by Crippen LogP contribution is -2.37. The molecule has 1 aliphatic rings. The van der Waals surface area contributed by atoms with E-state index in [2.05, 4.69) is 32.9 Å². The number of aromatic nitrogens is 1. The fourth-order valence-corrected chi connectivity index (χ4v) is 3.63. The third kappa shape index (κ3) is 5.65. The van der Waals surface area contributed by atoms with Crippen LogP contribution in [0.1, 0.15) is 56.2 Å². The number of aryl methyl sites for hydroxylation is 1. The van der Waals surface area contributed by atoms with Gasteiger partial charge in [0.25, 0.3) is 0 Å². The molecule has 0 radical (unpaired) electrons. The molecule has 0 bridgehead atoms. The van der Waals surface area contributed by atoms with Crippen molar-refractivity contribution in [2.75, 3.05) is 13.6 Å². The van der Waals surface area contributed by atoms with E-state index in [1.165, 1.54) is 43.5 Å². The normalized spacial score (nSPS) is 16.4. The van der Waals surface area contributed by atoms with Gasteiger partial charge in [0.1, 0.15) is 0 Å². The zero-order valence-electron chi connectivity index (χ0n) is 13.3. The van der Waals surface area contributed by atoms with Crippen LogP contribution in [-0.2, 0) is 13.0 Å². The zero-order valence-corrected chi connectivity index (χ0v) is 14.1. The second kappa shape index (κ2) is 9.03. The molecule has 0 aliphatic heterocycles. The van der Waals surface area contributed by atoms with E-state index >= 15 is 0 Å². The van der Waals surface area contributed by atoms with Crippen molar-refractivity contribution in [2.24, 2.45) is 10.9 Å². The SMILES string of the molecule is CCc1nc(CNC(=NC)NCCCC2CCCC2)cs1. The Morgan fingerprint density at radius 3 is 2.86 bits per heavy atom. The van der Waals surface area contributed by atoms with Crippen molar-refractivity contribution < 1.29 is 0 Å². The summed E-state index contributed by atoms with van der Waals surface area (Å²) in [4.78, 5) is 8.83. The van der Waals surface area contributed by atoms with Crippen LogP contribution < -0.4 is 10.6 Å². The maximum atomic E-state index is 4.56. The summed E-state index contributed by atoms with van der Waals surface area (Å²) in [6, 6.07) is 0. The molecule has 0 saturated heterocycles. The summed E-state index contributed by atoms with van der Waals surface area (Å²) in [7, 11) is 1.82. The molecule has 0 amide bonds. The van der Waals surface area contributed by atoms with Gasteiger partial charge in [-0.3, -0.25) is 4.99 Å². The van der Waals surface area contributed by atoms with Gasteiger partial charge in [-0.15, -0.1) is 11.3 Å². The summed E-state index contributed by atoms with van der Waals surface area (Å²) in [5.74, 6) is 1.86. The lowest BCUT2D eigenvalue weighted by Gasteiger charge is -2.12. The van der Waals surface area contributed by atoms with Crippen molar-refractivity contribution >= 4 is 17.3 Å². The van der Waals surface area contributed by atoms with Crippen LogP contribution in [0.2, 0.25) is 0 Å². The topological polar surface area (TPSA) is 49.3 Å². The highest BCUT2D eigenvalue weighted by Gasteiger charge is 2.13. The van der Waals surface area contributed by atoms with Crippen molar-refractivity contribution in [3.05, 3.63) is 16.1 Å². The first kappa shape index (κ1) is 16.3. The standard InChI is InChI=1S/C16H28N4S/c1-3-15-20-14(12-21-15)11-19-16(17-2)18-10-6-9-13-7-4-5-8-13/h12-13H,3-11H2,1-2H3,(H2,17,18,19). The van der Waals surface area contributed by atoms with E-state index in [0.29, 0.717) is 0 Å². The van der Waals surface area contributed by atoms with Crippen LogP contribution in [0.3, 0.4) is 0 Å². The van der Waals surface area contributed by atoms with Crippen molar-refractivity contribution in [3.8, 4) is 0 Å². The molecule has 1 aromatic heterocycles. The molecule has 118 valence electrons. The molecule has 1 saturated carbocycles. The van der Waals surface area contributed by atoms with Crippen molar-refractivity contribution in [1.29, 1.82) is 0 Å². The molecule has 1 fully saturated rings. The van der Waals surface area contributed by atoms with Gasteiger partial charge < -0.3 is 10.6 Å². The third-order valence-electron chi connectivity index (χ3n) is 4.12. The quantitative estimate of drug-likeness (QED) is 0.461. The molecule has 2 rings (SSSR count). The molecular formula is C16H28N4S. The minimum absolute atomic E-state index is 0.749. The smallest absolute Gasteiger partial charge is 0.191 e. The second-order valence-electron chi connectivity index (χ2n) is 5.73. The summed E-state index contributed by atoms with van der Waals surface area (Å²) in [6.07, 6.45) is 9.37. The van der Waals surface area contributed by atoms with E-state index in [4.69, 9.17) is 0 Å². The minimum atomic E-state index is 0.749. The molecular weight excluding hydrogens is 280 g/mol. The largest absolute Gasteiger partial charge is 0.356 e. The molecule has 1 aliphatic carbocycles. The predicted octanol–water partition coefficient (Wildman–Crippen LogP) is 3.34.